The predicted octanol–water partition coefficient (Wildman–Crippen LogP) is 1.02. The molecule has 0 aliphatic carbocycles. The standard InChI is InChI=1S/C9H12O.C2H3N3O6.HNO3/c1-2-10-8-9-6-4-3-5-7-9;6-3(7)1-2(4(8)9)5(10)11;2-1(3)4/h3-7H,2,8H2,1H3;2H,1H2;(H,2,3,4). The van der Waals surface area contributed by atoms with Crippen LogP contribution in [0.5, 0.6) is 0 Å². The molecular weight excluding hydrogens is 348 g/mol. The van der Waals surface area contributed by atoms with E-state index in [1.165, 1.54) is 5.56 Å². The lowest BCUT2D eigenvalue weighted by Gasteiger charge is -1.98. The molecular formula is C11H16N4O10. The first-order valence-electron chi connectivity index (χ1n) is 6.45. The average molecular weight is 364 g/mol. The summed E-state index contributed by atoms with van der Waals surface area (Å²) in [7, 11) is 0. The van der Waals surface area contributed by atoms with E-state index in [9.17, 15) is 30.3 Å². The van der Waals surface area contributed by atoms with Gasteiger partial charge >= 0.3 is 12.7 Å². The minimum absolute atomic E-state index is 0.733. The van der Waals surface area contributed by atoms with Crippen molar-refractivity contribution in [3.8, 4) is 0 Å². The van der Waals surface area contributed by atoms with Crippen LogP contribution in [0.25, 0.3) is 0 Å². The van der Waals surface area contributed by atoms with Crippen molar-refractivity contribution < 1.29 is 29.8 Å². The topological polar surface area (TPSA) is 202 Å². The minimum Gasteiger partial charge on any atom is -0.377 e. The third-order valence-corrected chi connectivity index (χ3v) is 2.11. The van der Waals surface area contributed by atoms with Crippen molar-refractivity contribution in [2.24, 2.45) is 0 Å². The van der Waals surface area contributed by atoms with E-state index >= 15 is 0 Å². The normalized spacial score (nSPS) is 9.04. The SMILES string of the molecule is CCOCc1ccccc1.O=[N+]([O-])CC([N+](=O)[O-])[N+](=O)[O-].O=[N+]([O-])O. The maximum Gasteiger partial charge on any atom is 0.512 e. The largest absolute Gasteiger partial charge is 0.512 e. The molecule has 0 bridgehead atoms. The van der Waals surface area contributed by atoms with Crippen LogP contribution < -0.4 is 0 Å². The molecule has 0 saturated carbocycles. The Labute approximate surface area is 140 Å². The Morgan fingerprint density at radius 1 is 1.00 bits per heavy atom. The van der Waals surface area contributed by atoms with Crippen molar-refractivity contribution in [3.05, 3.63) is 76.4 Å². The lowest BCUT2D eigenvalue weighted by atomic mass is 10.2. The van der Waals surface area contributed by atoms with E-state index in [0.717, 1.165) is 13.2 Å². The van der Waals surface area contributed by atoms with E-state index in [1.807, 2.05) is 25.1 Å². The average Bonchev–Trinajstić information content (AvgIpc) is 2.51. The highest BCUT2D eigenvalue weighted by atomic mass is 16.9. The molecule has 0 aliphatic heterocycles. The molecule has 140 valence electrons. The summed E-state index contributed by atoms with van der Waals surface area (Å²) in [6.07, 6.45) is -2.34. The zero-order valence-electron chi connectivity index (χ0n) is 13.0. The molecule has 14 heteroatoms. The number of nitrogens with zero attached hydrogens (tertiary/aromatic N) is 4. The van der Waals surface area contributed by atoms with E-state index < -0.39 is 32.6 Å². The van der Waals surface area contributed by atoms with Crippen molar-refractivity contribution in [1.29, 1.82) is 0 Å². The fourth-order valence-corrected chi connectivity index (χ4v) is 1.14. The summed E-state index contributed by atoms with van der Waals surface area (Å²) in [5.41, 5.74) is 1.24. The number of nitro groups is 3. The van der Waals surface area contributed by atoms with Crippen LogP contribution in [0, 0.1) is 40.5 Å². The van der Waals surface area contributed by atoms with Gasteiger partial charge in [0, 0.05) is 11.5 Å². The molecule has 0 saturated heterocycles. The van der Waals surface area contributed by atoms with E-state index in [1.54, 1.807) is 0 Å². The Bertz CT molecular complexity index is 535. The second-order valence-corrected chi connectivity index (χ2v) is 3.93. The van der Waals surface area contributed by atoms with Crippen LogP contribution in [0.3, 0.4) is 0 Å². The Kier molecular flexibility index (Phi) is 13.5. The number of hydrogen-bond donors (Lipinski definition) is 1. The van der Waals surface area contributed by atoms with Crippen molar-refractivity contribution >= 4 is 0 Å². The fourth-order valence-electron chi connectivity index (χ4n) is 1.14. The van der Waals surface area contributed by atoms with Gasteiger partial charge in [-0.05, 0) is 12.5 Å². The van der Waals surface area contributed by atoms with E-state index in [-0.39, 0.29) is 0 Å². The maximum absolute atomic E-state index is 9.74. The van der Waals surface area contributed by atoms with Gasteiger partial charge in [0.2, 0.25) is 0 Å². The van der Waals surface area contributed by atoms with Crippen LogP contribution in [0.2, 0.25) is 0 Å². The van der Waals surface area contributed by atoms with Crippen LogP contribution in [-0.2, 0) is 11.3 Å². The lowest BCUT2D eigenvalue weighted by molar-refractivity contribution is -0.767. The second-order valence-electron chi connectivity index (χ2n) is 3.93. The van der Waals surface area contributed by atoms with Crippen LogP contribution in [-0.4, -0.2) is 44.4 Å². The highest BCUT2D eigenvalue weighted by Gasteiger charge is 2.38. The number of rotatable bonds is 7. The van der Waals surface area contributed by atoms with E-state index in [4.69, 9.17) is 20.1 Å². The molecule has 0 heterocycles. The summed E-state index contributed by atoms with van der Waals surface area (Å²) in [6.45, 7) is 2.23. The molecule has 0 spiro atoms. The molecule has 0 unspecified atom stereocenters. The summed E-state index contributed by atoms with van der Waals surface area (Å²) >= 11 is 0. The first-order valence-corrected chi connectivity index (χ1v) is 6.45. The number of benzene rings is 1. The number of ether oxygens (including phenoxy) is 1. The minimum atomic E-state index is -2.34. The summed E-state index contributed by atoms with van der Waals surface area (Å²) in [5.74, 6) is 0. The first-order chi connectivity index (χ1) is 11.6. The molecule has 0 aromatic heterocycles. The van der Waals surface area contributed by atoms with Gasteiger partial charge in [-0.3, -0.25) is 30.3 Å². The molecule has 14 nitrogen and oxygen atoms in total. The smallest absolute Gasteiger partial charge is 0.377 e. The predicted molar refractivity (Wildman–Crippen MR) is 80.2 cm³/mol. The molecule has 1 N–H and O–H groups in total. The fraction of sp³-hybridized carbons (Fsp3) is 0.455. The van der Waals surface area contributed by atoms with Crippen molar-refractivity contribution in [2.75, 3.05) is 13.2 Å². The third kappa shape index (κ3) is 16.8. The van der Waals surface area contributed by atoms with Gasteiger partial charge in [-0.2, -0.15) is 0 Å². The van der Waals surface area contributed by atoms with Gasteiger partial charge < -0.3 is 9.94 Å². The van der Waals surface area contributed by atoms with Gasteiger partial charge in [-0.25, -0.2) is 0 Å². The molecule has 0 aliphatic rings. The lowest BCUT2D eigenvalue weighted by Crippen LogP contribution is -2.35. The Hall–Kier alpha value is -3.42. The highest BCUT2D eigenvalue weighted by molar-refractivity contribution is 5.13. The maximum atomic E-state index is 9.74. The van der Waals surface area contributed by atoms with Gasteiger partial charge in [0.25, 0.3) is 5.09 Å². The Morgan fingerprint density at radius 2 is 1.44 bits per heavy atom. The second kappa shape index (κ2) is 14.2. The Morgan fingerprint density at radius 3 is 1.72 bits per heavy atom. The molecule has 0 amide bonds. The van der Waals surface area contributed by atoms with E-state index in [0.29, 0.717) is 0 Å². The van der Waals surface area contributed by atoms with Crippen LogP contribution in [0.15, 0.2) is 30.3 Å². The molecule has 25 heavy (non-hydrogen) atoms. The van der Waals surface area contributed by atoms with Gasteiger partial charge in [0.05, 0.1) is 6.61 Å². The zero-order valence-corrected chi connectivity index (χ0v) is 13.0. The van der Waals surface area contributed by atoms with Crippen LogP contribution in [0.1, 0.15) is 12.5 Å². The van der Waals surface area contributed by atoms with E-state index in [2.05, 4.69) is 12.1 Å². The molecule has 0 radical (unpaired) electrons. The monoisotopic (exact) mass is 364 g/mol. The molecule has 0 atom stereocenters. The summed E-state index contributed by atoms with van der Waals surface area (Å²) in [6, 6.07) is 10.2. The summed E-state index contributed by atoms with van der Waals surface area (Å²) in [4.78, 5) is 33.7. The van der Waals surface area contributed by atoms with Gasteiger partial charge in [0.1, 0.15) is 9.85 Å². The van der Waals surface area contributed by atoms with Crippen LogP contribution in [0.4, 0.5) is 0 Å². The highest BCUT2D eigenvalue weighted by Crippen LogP contribution is 1.99. The first kappa shape index (κ1) is 23.8. The van der Waals surface area contributed by atoms with Crippen molar-refractivity contribution in [2.45, 2.75) is 19.7 Å². The van der Waals surface area contributed by atoms with Crippen molar-refractivity contribution in [1.82, 2.24) is 0 Å². The summed E-state index contributed by atoms with van der Waals surface area (Å²) < 4.78 is 5.22. The summed E-state index contributed by atoms with van der Waals surface area (Å²) in [5, 5.41) is 42.7. The van der Waals surface area contributed by atoms with Crippen LogP contribution >= 0.6 is 0 Å². The molecule has 1 aromatic rings. The van der Waals surface area contributed by atoms with Crippen molar-refractivity contribution in [3.63, 3.8) is 0 Å². The van der Waals surface area contributed by atoms with Gasteiger partial charge in [-0.15, -0.1) is 10.1 Å². The molecule has 1 aromatic carbocycles. The molecule has 1 rings (SSSR count). The van der Waals surface area contributed by atoms with Gasteiger partial charge in [0.15, 0.2) is 0 Å². The number of hydrogen-bond acceptors (Lipinski definition) is 9. The quantitative estimate of drug-likeness (QED) is 0.413. The zero-order chi connectivity index (χ0) is 19.8. The van der Waals surface area contributed by atoms with Gasteiger partial charge in [-0.1, -0.05) is 30.3 Å². The Balaban J connectivity index is 0. The molecule has 0 fully saturated rings. The third-order valence-electron chi connectivity index (χ3n) is 2.11.